The molecule has 1 unspecified atom stereocenters. The minimum absolute atomic E-state index is 0.178. The van der Waals surface area contributed by atoms with Gasteiger partial charge in [0.25, 0.3) is 0 Å². The van der Waals surface area contributed by atoms with Crippen LogP contribution in [-0.4, -0.2) is 36.1 Å². The van der Waals surface area contributed by atoms with E-state index in [0.29, 0.717) is 18.9 Å². The normalized spacial score (nSPS) is 19.1. The third-order valence-corrected chi connectivity index (χ3v) is 3.62. The summed E-state index contributed by atoms with van der Waals surface area (Å²) in [6, 6.07) is 7.06. The summed E-state index contributed by atoms with van der Waals surface area (Å²) < 4.78 is 0. The van der Waals surface area contributed by atoms with Gasteiger partial charge < -0.3 is 15.3 Å². The summed E-state index contributed by atoms with van der Waals surface area (Å²) in [6.45, 7) is 2.57. The van der Waals surface area contributed by atoms with Gasteiger partial charge in [0.15, 0.2) is 0 Å². The summed E-state index contributed by atoms with van der Waals surface area (Å²) in [5.74, 6) is 0.889. The fraction of sp³-hybridized carbons (Fsp3) is 0.533. The zero-order valence-corrected chi connectivity index (χ0v) is 11.4. The molecule has 0 radical (unpaired) electrons. The minimum atomic E-state index is 0.178. The number of phenolic OH excluding ortho intramolecular Hbond substituents is 1. The molecule has 1 heterocycles. The Hall–Kier alpha value is -1.55. The van der Waals surface area contributed by atoms with Crippen LogP contribution in [0.15, 0.2) is 24.3 Å². The van der Waals surface area contributed by atoms with Gasteiger partial charge in [-0.05, 0) is 49.5 Å². The molecule has 4 heteroatoms. The van der Waals surface area contributed by atoms with Crippen molar-refractivity contribution in [3.63, 3.8) is 0 Å². The lowest BCUT2D eigenvalue weighted by Crippen LogP contribution is -2.34. The molecule has 2 rings (SSSR count). The molecule has 0 aliphatic carbocycles. The molecule has 0 aromatic heterocycles. The molecule has 0 saturated carbocycles. The molecule has 1 amide bonds. The van der Waals surface area contributed by atoms with Gasteiger partial charge in [0.05, 0.1) is 0 Å². The molecule has 1 aromatic carbocycles. The molecule has 19 heavy (non-hydrogen) atoms. The number of hydrogen-bond donors (Lipinski definition) is 2. The maximum Gasteiger partial charge on any atom is 0.222 e. The Bertz CT molecular complexity index is 428. The quantitative estimate of drug-likeness (QED) is 0.869. The molecule has 1 aromatic rings. The highest BCUT2D eigenvalue weighted by Gasteiger charge is 2.19. The molecule has 1 saturated heterocycles. The number of nitrogens with zero attached hydrogens (tertiary/aromatic N) is 1. The van der Waals surface area contributed by atoms with Gasteiger partial charge in [0.2, 0.25) is 5.91 Å². The maximum atomic E-state index is 12.1. The zero-order chi connectivity index (χ0) is 13.7. The Morgan fingerprint density at radius 2 is 2.37 bits per heavy atom. The van der Waals surface area contributed by atoms with Crippen molar-refractivity contribution in [2.24, 2.45) is 5.92 Å². The number of rotatable bonds is 4. The minimum Gasteiger partial charge on any atom is -0.508 e. The van der Waals surface area contributed by atoms with E-state index >= 15 is 0 Å². The number of phenols is 1. The highest BCUT2D eigenvalue weighted by molar-refractivity contribution is 5.76. The largest absolute Gasteiger partial charge is 0.508 e. The summed E-state index contributed by atoms with van der Waals surface area (Å²) in [5, 5.41) is 12.7. The number of hydrogen-bond acceptors (Lipinski definition) is 3. The van der Waals surface area contributed by atoms with Crippen LogP contribution in [0.1, 0.15) is 24.8 Å². The van der Waals surface area contributed by atoms with E-state index in [1.807, 2.05) is 13.1 Å². The van der Waals surface area contributed by atoms with Gasteiger partial charge in [-0.1, -0.05) is 12.1 Å². The summed E-state index contributed by atoms with van der Waals surface area (Å²) in [6.07, 6.45) is 2.91. The molecule has 104 valence electrons. The van der Waals surface area contributed by atoms with Crippen LogP contribution in [0, 0.1) is 5.92 Å². The Morgan fingerprint density at radius 1 is 1.53 bits per heavy atom. The fourth-order valence-corrected chi connectivity index (χ4v) is 2.52. The average molecular weight is 262 g/mol. The smallest absolute Gasteiger partial charge is 0.222 e. The predicted octanol–water partition coefficient (Wildman–Crippen LogP) is 1.74. The lowest BCUT2D eigenvalue weighted by Gasteiger charge is -2.25. The lowest BCUT2D eigenvalue weighted by molar-refractivity contribution is -0.131. The Labute approximate surface area is 114 Å². The van der Waals surface area contributed by atoms with E-state index in [2.05, 4.69) is 5.32 Å². The van der Waals surface area contributed by atoms with Crippen molar-refractivity contribution in [3.05, 3.63) is 29.8 Å². The first-order valence-corrected chi connectivity index (χ1v) is 6.88. The third-order valence-electron chi connectivity index (χ3n) is 3.62. The van der Waals surface area contributed by atoms with Crippen LogP contribution in [0.4, 0.5) is 0 Å². The van der Waals surface area contributed by atoms with Crippen LogP contribution in [0.3, 0.4) is 0 Å². The first-order chi connectivity index (χ1) is 9.15. The summed E-state index contributed by atoms with van der Waals surface area (Å²) in [7, 11) is 1.82. The maximum absolute atomic E-state index is 12.1. The second kappa shape index (κ2) is 6.57. The second-order valence-electron chi connectivity index (χ2n) is 5.34. The van der Waals surface area contributed by atoms with Crippen molar-refractivity contribution in [1.82, 2.24) is 10.2 Å². The molecule has 1 aliphatic rings. The van der Waals surface area contributed by atoms with Crippen molar-refractivity contribution < 1.29 is 9.90 Å². The highest BCUT2D eigenvalue weighted by atomic mass is 16.3. The van der Waals surface area contributed by atoms with Gasteiger partial charge >= 0.3 is 0 Å². The highest BCUT2D eigenvalue weighted by Crippen LogP contribution is 2.17. The first-order valence-electron chi connectivity index (χ1n) is 6.88. The summed E-state index contributed by atoms with van der Waals surface area (Å²) >= 11 is 0. The zero-order valence-electron chi connectivity index (χ0n) is 11.4. The van der Waals surface area contributed by atoms with Gasteiger partial charge in [-0.3, -0.25) is 4.79 Å². The van der Waals surface area contributed by atoms with Crippen molar-refractivity contribution in [2.45, 2.75) is 25.8 Å². The van der Waals surface area contributed by atoms with Crippen LogP contribution in [-0.2, 0) is 11.3 Å². The van der Waals surface area contributed by atoms with Crippen LogP contribution in [0.5, 0.6) is 5.75 Å². The van der Waals surface area contributed by atoms with Gasteiger partial charge in [0, 0.05) is 20.0 Å². The second-order valence-corrected chi connectivity index (χ2v) is 5.34. The summed E-state index contributed by atoms with van der Waals surface area (Å²) in [5.41, 5.74) is 0.956. The number of carbonyl (C=O) groups excluding carboxylic acids is 1. The van der Waals surface area contributed by atoms with E-state index < -0.39 is 0 Å². The van der Waals surface area contributed by atoms with E-state index in [9.17, 15) is 9.90 Å². The molecule has 2 N–H and O–H groups in total. The van der Waals surface area contributed by atoms with Gasteiger partial charge in [-0.2, -0.15) is 0 Å². The molecule has 1 atom stereocenters. The van der Waals surface area contributed by atoms with Crippen molar-refractivity contribution in [1.29, 1.82) is 0 Å². The molecule has 1 aliphatic heterocycles. The van der Waals surface area contributed by atoms with Crippen LogP contribution in [0.25, 0.3) is 0 Å². The predicted molar refractivity (Wildman–Crippen MR) is 74.8 cm³/mol. The average Bonchev–Trinajstić information content (AvgIpc) is 2.40. The number of piperidine rings is 1. The summed E-state index contributed by atoms with van der Waals surface area (Å²) in [4.78, 5) is 13.9. The molecule has 4 nitrogen and oxygen atoms in total. The third kappa shape index (κ3) is 4.24. The van der Waals surface area contributed by atoms with Crippen LogP contribution >= 0.6 is 0 Å². The van der Waals surface area contributed by atoms with E-state index in [1.54, 1.807) is 23.1 Å². The Balaban J connectivity index is 1.84. The lowest BCUT2D eigenvalue weighted by atomic mass is 9.95. The molecule has 0 bridgehead atoms. The monoisotopic (exact) mass is 262 g/mol. The standard InChI is InChI=1S/C15H22N2O2/c1-17(11-13-4-2-6-14(18)8-13)15(19)9-12-5-3-7-16-10-12/h2,4,6,8,12,16,18H,3,5,7,9-11H2,1H3. The number of amides is 1. The Kier molecular flexibility index (Phi) is 4.80. The number of nitrogens with one attached hydrogen (secondary N) is 1. The number of benzene rings is 1. The van der Waals surface area contributed by atoms with E-state index in [1.165, 1.54) is 0 Å². The fourth-order valence-electron chi connectivity index (χ4n) is 2.52. The van der Waals surface area contributed by atoms with Crippen LogP contribution in [0.2, 0.25) is 0 Å². The van der Waals surface area contributed by atoms with E-state index in [0.717, 1.165) is 31.5 Å². The SMILES string of the molecule is CN(Cc1cccc(O)c1)C(=O)CC1CCCNC1. The number of carbonyl (C=O) groups is 1. The van der Waals surface area contributed by atoms with E-state index in [4.69, 9.17) is 0 Å². The molecule has 1 fully saturated rings. The molecular formula is C15H22N2O2. The van der Waals surface area contributed by atoms with Crippen LogP contribution < -0.4 is 5.32 Å². The molecule has 0 spiro atoms. The van der Waals surface area contributed by atoms with Crippen molar-refractivity contribution in [2.75, 3.05) is 20.1 Å². The van der Waals surface area contributed by atoms with E-state index in [-0.39, 0.29) is 11.7 Å². The number of aromatic hydroxyl groups is 1. The van der Waals surface area contributed by atoms with Crippen molar-refractivity contribution in [3.8, 4) is 5.75 Å². The van der Waals surface area contributed by atoms with Gasteiger partial charge in [0.1, 0.15) is 5.75 Å². The Morgan fingerprint density at radius 3 is 3.05 bits per heavy atom. The van der Waals surface area contributed by atoms with Gasteiger partial charge in [-0.15, -0.1) is 0 Å². The first kappa shape index (κ1) is 13.9. The molecular weight excluding hydrogens is 240 g/mol. The topological polar surface area (TPSA) is 52.6 Å². The van der Waals surface area contributed by atoms with Gasteiger partial charge in [-0.25, -0.2) is 0 Å². The van der Waals surface area contributed by atoms with Crippen molar-refractivity contribution >= 4 is 5.91 Å².